The van der Waals surface area contributed by atoms with Gasteiger partial charge in [0.05, 0.1) is 11.8 Å². The van der Waals surface area contributed by atoms with E-state index in [0.717, 1.165) is 17.2 Å². The average Bonchev–Trinajstić information content (AvgIpc) is 2.04. The van der Waals surface area contributed by atoms with Crippen molar-refractivity contribution in [2.45, 2.75) is 30.9 Å². The Morgan fingerprint density at radius 2 is 2.23 bits per heavy atom. The molecule has 0 aliphatic carbocycles. The molecule has 1 aromatic rings. The highest BCUT2D eigenvalue weighted by atomic mass is 32.2. The maximum absolute atomic E-state index is 9.45. The van der Waals surface area contributed by atoms with Crippen molar-refractivity contribution in [3.05, 3.63) is 18.6 Å². The van der Waals surface area contributed by atoms with Crippen molar-refractivity contribution in [2.75, 3.05) is 5.75 Å². The smallest absolute Gasteiger partial charge is 0.114 e. The van der Waals surface area contributed by atoms with E-state index in [1.165, 1.54) is 0 Å². The van der Waals surface area contributed by atoms with Crippen LogP contribution in [0.3, 0.4) is 0 Å². The van der Waals surface area contributed by atoms with Crippen LogP contribution in [0.25, 0.3) is 0 Å². The van der Waals surface area contributed by atoms with Crippen LogP contribution in [0.15, 0.2) is 23.6 Å². The summed E-state index contributed by atoms with van der Waals surface area (Å²) in [6, 6.07) is 0. The summed E-state index contributed by atoms with van der Waals surface area (Å²) in [5.41, 5.74) is -0.588. The van der Waals surface area contributed by atoms with Gasteiger partial charge in [0.2, 0.25) is 0 Å². The number of hydrogen-bond acceptors (Lipinski definition) is 4. The zero-order valence-corrected chi connectivity index (χ0v) is 8.71. The number of rotatable bonds is 4. The third-order valence-electron chi connectivity index (χ3n) is 1.50. The van der Waals surface area contributed by atoms with Crippen LogP contribution in [-0.2, 0) is 0 Å². The van der Waals surface area contributed by atoms with Gasteiger partial charge in [0.1, 0.15) is 5.03 Å². The third-order valence-corrected chi connectivity index (χ3v) is 2.42. The second-order valence-electron chi connectivity index (χ2n) is 3.45. The minimum absolute atomic E-state index is 0.588. The van der Waals surface area contributed by atoms with Gasteiger partial charge in [-0.15, -0.1) is 11.8 Å². The SMILES string of the molecule is CC(C)(O)CCSc1cnccn1. The Bertz CT molecular complexity index is 246. The van der Waals surface area contributed by atoms with Crippen molar-refractivity contribution >= 4 is 11.8 Å². The molecule has 0 amide bonds. The Balaban J connectivity index is 2.29. The van der Waals surface area contributed by atoms with E-state index in [2.05, 4.69) is 9.97 Å². The normalized spacial score (nSPS) is 11.6. The summed E-state index contributed by atoms with van der Waals surface area (Å²) >= 11 is 1.61. The molecule has 72 valence electrons. The largest absolute Gasteiger partial charge is 0.390 e. The second-order valence-corrected chi connectivity index (χ2v) is 4.57. The Hall–Kier alpha value is -0.610. The van der Waals surface area contributed by atoms with Crippen molar-refractivity contribution in [1.82, 2.24) is 9.97 Å². The van der Waals surface area contributed by atoms with E-state index in [0.29, 0.717) is 0 Å². The first-order chi connectivity index (χ1) is 6.08. The van der Waals surface area contributed by atoms with Gasteiger partial charge in [-0.2, -0.15) is 0 Å². The standard InChI is InChI=1S/C9H14N2OS/c1-9(2,12)3-6-13-8-7-10-4-5-11-8/h4-5,7,12H,3,6H2,1-2H3. The van der Waals surface area contributed by atoms with Gasteiger partial charge in [0, 0.05) is 18.1 Å². The molecule has 1 aromatic heterocycles. The average molecular weight is 198 g/mol. The summed E-state index contributed by atoms with van der Waals surface area (Å²) in [4.78, 5) is 8.07. The Morgan fingerprint density at radius 1 is 1.46 bits per heavy atom. The van der Waals surface area contributed by atoms with E-state index >= 15 is 0 Å². The molecule has 0 saturated carbocycles. The van der Waals surface area contributed by atoms with Gasteiger partial charge in [-0.25, -0.2) is 4.98 Å². The van der Waals surface area contributed by atoms with Crippen LogP contribution in [0.5, 0.6) is 0 Å². The first-order valence-electron chi connectivity index (χ1n) is 4.19. The van der Waals surface area contributed by atoms with E-state index < -0.39 is 5.60 Å². The minimum atomic E-state index is -0.588. The molecule has 0 saturated heterocycles. The molecule has 1 rings (SSSR count). The molecular formula is C9H14N2OS. The molecule has 0 spiro atoms. The minimum Gasteiger partial charge on any atom is -0.390 e. The molecule has 4 heteroatoms. The third kappa shape index (κ3) is 4.85. The van der Waals surface area contributed by atoms with Crippen LogP contribution in [0.1, 0.15) is 20.3 Å². The maximum atomic E-state index is 9.45. The zero-order chi connectivity index (χ0) is 9.73. The van der Waals surface area contributed by atoms with Crippen molar-refractivity contribution in [3.63, 3.8) is 0 Å². The Kier molecular flexibility index (Phi) is 3.69. The highest BCUT2D eigenvalue weighted by Gasteiger charge is 2.11. The molecule has 0 fully saturated rings. The van der Waals surface area contributed by atoms with Gasteiger partial charge in [-0.05, 0) is 20.3 Å². The number of nitrogens with zero attached hydrogens (tertiary/aromatic N) is 2. The van der Waals surface area contributed by atoms with Crippen LogP contribution in [0.2, 0.25) is 0 Å². The topological polar surface area (TPSA) is 46.0 Å². The first kappa shape index (κ1) is 10.5. The van der Waals surface area contributed by atoms with Crippen molar-refractivity contribution in [1.29, 1.82) is 0 Å². The van der Waals surface area contributed by atoms with E-state index in [1.807, 2.05) is 13.8 Å². The summed E-state index contributed by atoms with van der Waals surface area (Å²) < 4.78 is 0. The van der Waals surface area contributed by atoms with Crippen LogP contribution in [0, 0.1) is 0 Å². The number of thioether (sulfide) groups is 1. The quantitative estimate of drug-likeness (QED) is 0.748. The predicted octanol–water partition coefficient (Wildman–Crippen LogP) is 1.73. The summed E-state index contributed by atoms with van der Waals surface area (Å²) in [6.45, 7) is 3.62. The number of aliphatic hydroxyl groups is 1. The van der Waals surface area contributed by atoms with E-state index in [1.54, 1.807) is 30.4 Å². The molecule has 0 atom stereocenters. The predicted molar refractivity (Wildman–Crippen MR) is 53.7 cm³/mol. The van der Waals surface area contributed by atoms with E-state index in [-0.39, 0.29) is 0 Å². The molecule has 0 aliphatic heterocycles. The Labute approximate surface area is 82.6 Å². The molecule has 0 aliphatic rings. The lowest BCUT2D eigenvalue weighted by Gasteiger charge is -2.15. The summed E-state index contributed by atoms with van der Waals surface area (Å²) in [5.74, 6) is 0.863. The molecule has 13 heavy (non-hydrogen) atoms. The fourth-order valence-corrected chi connectivity index (χ4v) is 1.85. The van der Waals surface area contributed by atoms with E-state index in [4.69, 9.17) is 0 Å². The fraction of sp³-hybridized carbons (Fsp3) is 0.556. The van der Waals surface area contributed by atoms with Crippen molar-refractivity contribution in [2.24, 2.45) is 0 Å². The Morgan fingerprint density at radius 3 is 2.77 bits per heavy atom. The molecule has 0 unspecified atom stereocenters. The highest BCUT2D eigenvalue weighted by molar-refractivity contribution is 7.99. The van der Waals surface area contributed by atoms with Gasteiger partial charge in [-0.3, -0.25) is 4.98 Å². The maximum Gasteiger partial charge on any atom is 0.114 e. The number of aromatic nitrogens is 2. The van der Waals surface area contributed by atoms with Gasteiger partial charge in [0.25, 0.3) is 0 Å². The lowest BCUT2D eigenvalue weighted by molar-refractivity contribution is 0.0777. The molecular weight excluding hydrogens is 184 g/mol. The summed E-state index contributed by atoms with van der Waals surface area (Å²) in [7, 11) is 0. The number of hydrogen-bond donors (Lipinski definition) is 1. The molecule has 3 nitrogen and oxygen atoms in total. The van der Waals surface area contributed by atoms with Crippen LogP contribution in [-0.4, -0.2) is 26.4 Å². The van der Waals surface area contributed by atoms with Gasteiger partial charge < -0.3 is 5.11 Å². The van der Waals surface area contributed by atoms with E-state index in [9.17, 15) is 5.11 Å². The zero-order valence-electron chi connectivity index (χ0n) is 7.90. The molecule has 0 aromatic carbocycles. The molecule has 1 N–H and O–H groups in total. The summed E-state index contributed by atoms with van der Waals surface area (Å²) in [6.07, 6.45) is 5.82. The van der Waals surface area contributed by atoms with Crippen LogP contribution < -0.4 is 0 Å². The first-order valence-corrected chi connectivity index (χ1v) is 5.18. The van der Waals surface area contributed by atoms with Gasteiger partial charge >= 0.3 is 0 Å². The second kappa shape index (κ2) is 4.58. The van der Waals surface area contributed by atoms with Crippen molar-refractivity contribution in [3.8, 4) is 0 Å². The van der Waals surface area contributed by atoms with Crippen LogP contribution >= 0.6 is 11.8 Å². The lowest BCUT2D eigenvalue weighted by atomic mass is 10.1. The van der Waals surface area contributed by atoms with Crippen molar-refractivity contribution < 1.29 is 5.11 Å². The molecule has 0 radical (unpaired) electrons. The van der Waals surface area contributed by atoms with Crippen LogP contribution in [0.4, 0.5) is 0 Å². The molecule has 1 heterocycles. The monoisotopic (exact) mass is 198 g/mol. The van der Waals surface area contributed by atoms with Gasteiger partial charge in [-0.1, -0.05) is 0 Å². The molecule has 0 bridgehead atoms. The lowest BCUT2D eigenvalue weighted by Crippen LogP contribution is -2.19. The fourth-order valence-electron chi connectivity index (χ4n) is 0.765. The highest BCUT2D eigenvalue weighted by Crippen LogP contribution is 2.18. The van der Waals surface area contributed by atoms with Gasteiger partial charge in [0.15, 0.2) is 0 Å². The summed E-state index contributed by atoms with van der Waals surface area (Å²) in [5, 5.41) is 10.4.